The van der Waals surface area contributed by atoms with Gasteiger partial charge in [0.25, 0.3) is 0 Å². The summed E-state index contributed by atoms with van der Waals surface area (Å²) in [7, 11) is 0. The van der Waals surface area contributed by atoms with E-state index in [2.05, 4.69) is 6.92 Å². The Kier molecular flexibility index (Phi) is 5.89. The normalized spacial score (nSPS) is 26.1. The second-order valence-corrected chi connectivity index (χ2v) is 5.37. The van der Waals surface area contributed by atoms with Gasteiger partial charge in [-0.2, -0.15) is 0 Å². The van der Waals surface area contributed by atoms with Crippen LogP contribution in [-0.2, 0) is 9.53 Å². The fraction of sp³-hybridized carbons (Fsp3) is 0.923. The first kappa shape index (κ1) is 15.7. The Bertz CT molecular complexity index is 282. The molecule has 1 amide bonds. The van der Waals surface area contributed by atoms with Crippen molar-refractivity contribution in [3.63, 3.8) is 0 Å². The van der Waals surface area contributed by atoms with Crippen molar-refractivity contribution in [1.82, 2.24) is 4.90 Å². The van der Waals surface area contributed by atoms with Crippen molar-refractivity contribution >= 4 is 18.3 Å². The lowest BCUT2D eigenvalue weighted by Gasteiger charge is -2.24. The van der Waals surface area contributed by atoms with Crippen LogP contribution >= 0.6 is 12.4 Å². The maximum absolute atomic E-state index is 12.1. The van der Waals surface area contributed by atoms with Crippen molar-refractivity contribution in [2.75, 3.05) is 19.7 Å². The smallest absolute Gasteiger partial charge is 0.242 e. The van der Waals surface area contributed by atoms with Crippen LogP contribution in [0.4, 0.5) is 0 Å². The standard InChI is InChI=1S/C13H24N2O2.ClH/c1-2-10-17-11-4-3-8-15(9-5-11)12(16)13(14)6-7-13;/h11H,2-10,14H2,1H3;1H. The first-order valence-electron chi connectivity index (χ1n) is 6.85. The molecule has 1 saturated heterocycles. The molecule has 2 aliphatic rings. The molecule has 18 heavy (non-hydrogen) atoms. The molecular weight excluding hydrogens is 252 g/mol. The zero-order valence-electron chi connectivity index (χ0n) is 11.2. The Balaban J connectivity index is 0.00000162. The summed E-state index contributed by atoms with van der Waals surface area (Å²) >= 11 is 0. The molecule has 0 aromatic rings. The van der Waals surface area contributed by atoms with E-state index in [9.17, 15) is 4.79 Å². The molecule has 2 N–H and O–H groups in total. The molecule has 2 fully saturated rings. The summed E-state index contributed by atoms with van der Waals surface area (Å²) in [6.07, 6.45) is 6.18. The summed E-state index contributed by atoms with van der Waals surface area (Å²) in [6, 6.07) is 0. The number of ether oxygens (including phenoxy) is 1. The summed E-state index contributed by atoms with van der Waals surface area (Å²) < 4.78 is 5.77. The molecule has 0 aromatic carbocycles. The number of amides is 1. The van der Waals surface area contributed by atoms with E-state index in [1.807, 2.05) is 4.90 Å². The van der Waals surface area contributed by atoms with Crippen LogP contribution in [0.1, 0.15) is 45.4 Å². The Morgan fingerprint density at radius 2 is 2.11 bits per heavy atom. The maximum Gasteiger partial charge on any atom is 0.242 e. The van der Waals surface area contributed by atoms with E-state index in [0.29, 0.717) is 6.10 Å². The summed E-state index contributed by atoms with van der Waals surface area (Å²) in [4.78, 5) is 14.1. The van der Waals surface area contributed by atoms with E-state index < -0.39 is 5.54 Å². The molecule has 2 rings (SSSR count). The van der Waals surface area contributed by atoms with Crippen molar-refractivity contribution in [1.29, 1.82) is 0 Å². The number of rotatable bonds is 4. The molecule has 0 spiro atoms. The monoisotopic (exact) mass is 276 g/mol. The molecule has 1 heterocycles. The highest BCUT2D eigenvalue weighted by Gasteiger charge is 2.48. The Morgan fingerprint density at radius 1 is 1.39 bits per heavy atom. The minimum atomic E-state index is -0.510. The lowest BCUT2D eigenvalue weighted by molar-refractivity contribution is -0.133. The van der Waals surface area contributed by atoms with Crippen LogP contribution < -0.4 is 5.73 Å². The number of nitrogens with two attached hydrogens (primary N) is 1. The molecule has 4 nitrogen and oxygen atoms in total. The van der Waals surface area contributed by atoms with Gasteiger partial charge in [-0.15, -0.1) is 12.4 Å². The molecule has 0 bridgehead atoms. The van der Waals surface area contributed by atoms with Gasteiger partial charge < -0.3 is 15.4 Å². The van der Waals surface area contributed by atoms with Gasteiger partial charge in [-0.3, -0.25) is 4.79 Å². The maximum atomic E-state index is 12.1. The summed E-state index contributed by atoms with van der Waals surface area (Å²) in [5, 5.41) is 0. The molecule has 0 aromatic heterocycles. The van der Waals surface area contributed by atoms with Crippen LogP contribution in [0.25, 0.3) is 0 Å². The average Bonchev–Trinajstić information content (AvgIpc) is 3.10. The highest BCUT2D eigenvalue weighted by Crippen LogP contribution is 2.34. The van der Waals surface area contributed by atoms with Crippen molar-refractivity contribution in [3.8, 4) is 0 Å². The van der Waals surface area contributed by atoms with Crippen molar-refractivity contribution < 1.29 is 9.53 Å². The third kappa shape index (κ3) is 3.84. The van der Waals surface area contributed by atoms with E-state index in [1.54, 1.807) is 0 Å². The van der Waals surface area contributed by atoms with Crippen LogP contribution in [0.2, 0.25) is 0 Å². The second kappa shape index (κ2) is 6.73. The fourth-order valence-corrected chi connectivity index (χ4v) is 2.38. The summed E-state index contributed by atoms with van der Waals surface area (Å²) in [5.74, 6) is 0.161. The van der Waals surface area contributed by atoms with Crippen LogP contribution in [-0.4, -0.2) is 42.1 Å². The van der Waals surface area contributed by atoms with Gasteiger partial charge in [-0.1, -0.05) is 6.92 Å². The molecule has 106 valence electrons. The first-order valence-corrected chi connectivity index (χ1v) is 6.85. The van der Waals surface area contributed by atoms with Gasteiger partial charge in [0.15, 0.2) is 0 Å². The summed E-state index contributed by atoms with van der Waals surface area (Å²) in [5.41, 5.74) is 5.45. The number of carbonyl (C=O) groups is 1. The molecule has 1 unspecified atom stereocenters. The van der Waals surface area contributed by atoms with Gasteiger partial charge in [-0.25, -0.2) is 0 Å². The molecule has 5 heteroatoms. The minimum Gasteiger partial charge on any atom is -0.378 e. The molecule has 1 aliphatic heterocycles. The zero-order valence-corrected chi connectivity index (χ0v) is 12.0. The molecule has 1 aliphatic carbocycles. The highest BCUT2D eigenvalue weighted by molar-refractivity contribution is 5.89. The second-order valence-electron chi connectivity index (χ2n) is 5.37. The average molecular weight is 277 g/mol. The SMILES string of the molecule is CCCOC1CCCN(C(=O)C2(N)CC2)CC1.Cl. The number of likely N-dealkylation sites (tertiary alicyclic amines) is 1. The van der Waals surface area contributed by atoms with Crippen LogP contribution in [0.15, 0.2) is 0 Å². The highest BCUT2D eigenvalue weighted by atomic mass is 35.5. The van der Waals surface area contributed by atoms with E-state index >= 15 is 0 Å². The van der Waals surface area contributed by atoms with E-state index in [4.69, 9.17) is 10.5 Å². The largest absolute Gasteiger partial charge is 0.378 e. The molecule has 1 atom stereocenters. The molecule has 0 radical (unpaired) electrons. The number of carbonyl (C=O) groups excluding carboxylic acids is 1. The summed E-state index contributed by atoms with van der Waals surface area (Å²) in [6.45, 7) is 4.62. The number of halogens is 1. The van der Waals surface area contributed by atoms with Crippen LogP contribution in [0, 0.1) is 0 Å². The molecular formula is C13H25ClN2O2. The fourth-order valence-electron chi connectivity index (χ4n) is 2.38. The van der Waals surface area contributed by atoms with Gasteiger partial charge in [0.05, 0.1) is 11.6 Å². The molecule has 1 saturated carbocycles. The quantitative estimate of drug-likeness (QED) is 0.850. The van der Waals surface area contributed by atoms with Crippen molar-refractivity contribution in [3.05, 3.63) is 0 Å². The van der Waals surface area contributed by atoms with Gasteiger partial charge >= 0.3 is 0 Å². The Labute approximate surface area is 116 Å². The topological polar surface area (TPSA) is 55.6 Å². The zero-order chi connectivity index (χ0) is 12.3. The van der Waals surface area contributed by atoms with E-state index in [1.165, 1.54) is 0 Å². The lowest BCUT2D eigenvalue weighted by Crippen LogP contribution is -2.46. The van der Waals surface area contributed by atoms with Crippen molar-refractivity contribution in [2.45, 2.75) is 57.1 Å². The van der Waals surface area contributed by atoms with Crippen molar-refractivity contribution in [2.24, 2.45) is 5.73 Å². The number of nitrogens with zero attached hydrogens (tertiary/aromatic N) is 1. The van der Waals surface area contributed by atoms with Crippen LogP contribution in [0.5, 0.6) is 0 Å². The van der Waals surface area contributed by atoms with E-state index in [-0.39, 0.29) is 18.3 Å². The third-order valence-electron chi connectivity index (χ3n) is 3.73. The first-order chi connectivity index (χ1) is 8.15. The van der Waals surface area contributed by atoms with Gasteiger partial charge in [-0.05, 0) is 38.5 Å². The predicted octanol–water partition coefficient (Wildman–Crippen LogP) is 1.71. The Hall–Kier alpha value is -0.320. The predicted molar refractivity (Wildman–Crippen MR) is 73.9 cm³/mol. The lowest BCUT2D eigenvalue weighted by atomic mass is 10.1. The van der Waals surface area contributed by atoms with Gasteiger partial charge in [0.2, 0.25) is 5.91 Å². The Morgan fingerprint density at radius 3 is 2.72 bits per heavy atom. The van der Waals surface area contributed by atoms with Gasteiger partial charge in [0, 0.05) is 19.7 Å². The number of hydrogen-bond donors (Lipinski definition) is 1. The van der Waals surface area contributed by atoms with E-state index in [0.717, 1.165) is 58.2 Å². The van der Waals surface area contributed by atoms with Crippen LogP contribution in [0.3, 0.4) is 0 Å². The number of hydrogen-bond acceptors (Lipinski definition) is 3. The third-order valence-corrected chi connectivity index (χ3v) is 3.73. The van der Waals surface area contributed by atoms with Gasteiger partial charge in [0.1, 0.15) is 0 Å². The minimum absolute atomic E-state index is 0.